The molecule has 0 radical (unpaired) electrons. The maximum Gasteiger partial charge on any atom is 0.241 e. The molecule has 2 heterocycles. The fourth-order valence-electron chi connectivity index (χ4n) is 3.07. The summed E-state index contributed by atoms with van der Waals surface area (Å²) in [5.74, 6) is 0.143. The van der Waals surface area contributed by atoms with Crippen LogP contribution in [0.2, 0.25) is 0 Å². The molecule has 2 atom stereocenters. The topological polar surface area (TPSA) is 68.8 Å². The highest BCUT2D eigenvalue weighted by molar-refractivity contribution is 5.41. The second-order valence-corrected chi connectivity index (χ2v) is 5.79. The molecule has 1 aromatic heterocycles. The summed E-state index contributed by atoms with van der Waals surface area (Å²) in [5.41, 5.74) is 7.59. The number of aromatic nitrogens is 3. The number of fused-ring (bicyclic) bond motifs is 1. The summed E-state index contributed by atoms with van der Waals surface area (Å²) >= 11 is 0. The number of hydrogen-bond donors (Lipinski definition) is 2. The van der Waals surface area contributed by atoms with Gasteiger partial charge in [0.25, 0.3) is 0 Å². The van der Waals surface area contributed by atoms with Gasteiger partial charge in [-0.05, 0) is 41.8 Å². The van der Waals surface area contributed by atoms with Crippen LogP contribution in [0.4, 0.5) is 20.7 Å². The molecule has 0 fully saturated rings. The molecule has 4 rings (SSSR count). The lowest BCUT2D eigenvalue weighted by Gasteiger charge is -2.31. The molecular weight excluding hydrogens is 312 g/mol. The van der Waals surface area contributed by atoms with Crippen LogP contribution in [0.1, 0.15) is 29.6 Å². The fourth-order valence-corrected chi connectivity index (χ4v) is 3.07. The summed E-state index contributed by atoms with van der Waals surface area (Å²) in [7, 11) is 0. The Balaban J connectivity index is 1.74. The Kier molecular flexibility index (Phi) is 3.41. The van der Waals surface area contributed by atoms with Crippen LogP contribution in [-0.4, -0.2) is 14.8 Å². The summed E-state index contributed by atoms with van der Waals surface area (Å²) in [6.45, 7) is 0. The van der Waals surface area contributed by atoms with Gasteiger partial charge in [-0.1, -0.05) is 24.3 Å². The minimum absolute atomic E-state index is 0.0725. The average Bonchev–Trinajstić information content (AvgIpc) is 2.95. The number of nitrogens with zero attached hydrogens (tertiary/aromatic N) is 3. The predicted octanol–water partition coefficient (Wildman–Crippen LogP) is 3.28. The van der Waals surface area contributed by atoms with Crippen molar-refractivity contribution in [2.75, 3.05) is 11.1 Å². The minimum Gasteiger partial charge on any atom is -0.366 e. The number of hydrogen-bond acceptors (Lipinski definition) is 4. The third kappa shape index (κ3) is 2.58. The van der Waals surface area contributed by atoms with Crippen LogP contribution in [0.3, 0.4) is 0 Å². The van der Waals surface area contributed by atoms with Gasteiger partial charge in [-0.2, -0.15) is 4.98 Å². The van der Waals surface area contributed by atoms with Crippen LogP contribution >= 0.6 is 0 Å². The number of nitrogens with two attached hydrogens (primary N) is 1. The first-order valence-electron chi connectivity index (χ1n) is 7.59. The zero-order valence-electron chi connectivity index (χ0n) is 12.7. The first-order chi connectivity index (χ1) is 11.6. The molecule has 7 heteroatoms. The van der Waals surface area contributed by atoms with Gasteiger partial charge in [0.2, 0.25) is 11.9 Å². The Morgan fingerprint density at radius 1 is 0.958 bits per heavy atom. The standard InChI is InChI=1S/C17H15F2N5/c18-12-5-1-10(2-6-12)14-9-15(11-3-7-13(19)8-4-11)24-17(21-14)22-16(20)23-24/h1-8,14-15H,9H2,(H3,20,21,22,23)/t14-,15+/m0/s1. The van der Waals surface area contributed by atoms with Gasteiger partial charge in [0.15, 0.2) is 0 Å². The van der Waals surface area contributed by atoms with Crippen LogP contribution in [0.5, 0.6) is 0 Å². The lowest BCUT2D eigenvalue weighted by atomic mass is 9.93. The van der Waals surface area contributed by atoms with Gasteiger partial charge in [0, 0.05) is 0 Å². The van der Waals surface area contributed by atoms with Gasteiger partial charge >= 0.3 is 0 Å². The number of anilines is 2. The van der Waals surface area contributed by atoms with E-state index in [4.69, 9.17) is 5.73 Å². The zero-order valence-corrected chi connectivity index (χ0v) is 12.7. The molecule has 0 saturated carbocycles. The Hall–Kier alpha value is -2.96. The largest absolute Gasteiger partial charge is 0.366 e. The van der Waals surface area contributed by atoms with E-state index in [0.717, 1.165) is 11.1 Å². The quantitative estimate of drug-likeness (QED) is 0.758. The molecule has 122 valence electrons. The zero-order chi connectivity index (χ0) is 16.7. The first kappa shape index (κ1) is 14.6. The third-order valence-electron chi connectivity index (χ3n) is 4.23. The SMILES string of the molecule is Nc1nc2n(n1)[C@@H](c1ccc(F)cc1)C[C@@H](c1ccc(F)cc1)N2. The van der Waals surface area contributed by atoms with Crippen molar-refractivity contribution in [1.82, 2.24) is 14.8 Å². The Labute approximate surface area is 137 Å². The summed E-state index contributed by atoms with van der Waals surface area (Å²) in [6.07, 6.45) is 0.660. The molecule has 2 aromatic carbocycles. The van der Waals surface area contributed by atoms with Crippen LogP contribution in [0.15, 0.2) is 48.5 Å². The molecule has 3 N–H and O–H groups in total. The van der Waals surface area contributed by atoms with Crippen LogP contribution in [-0.2, 0) is 0 Å². The monoisotopic (exact) mass is 327 g/mol. The van der Waals surface area contributed by atoms with E-state index < -0.39 is 0 Å². The highest BCUT2D eigenvalue weighted by Gasteiger charge is 2.30. The van der Waals surface area contributed by atoms with E-state index in [0.29, 0.717) is 12.4 Å². The van der Waals surface area contributed by atoms with Crippen molar-refractivity contribution in [2.24, 2.45) is 0 Å². The van der Waals surface area contributed by atoms with E-state index in [1.54, 1.807) is 28.9 Å². The van der Waals surface area contributed by atoms with Crippen molar-refractivity contribution in [3.63, 3.8) is 0 Å². The maximum atomic E-state index is 13.2. The Bertz CT molecular complexity index is 858. The van der Waals surface area contributed by atoms with E-state index in [-0.39, 0.29) is 29.7 Å². The molecule has 24 heavy (non-hydrogen) atoms. The maximum absolute atomic E-state index is 13.2. The molecular formula is C17H15F2N5. The fraction of sp³-hybridized carbons (Fsp3) is 0.176. The summed E-state index contributed by atoms with van der Waals surface area (Å²) in [4.78, 5) is 4.21. The smallest absolute Gasteiger partial charge is 0.241 e. The highest BCUT2D eigenvalue weighted by atomic mass is 19.1. The third-order valence-corrected chi connectivity index (χ3v) is 4.23. The van der Waals surface area contributed by atoms with Gasteiger partial charge in [-0.25, -0.2) is 13.5 Å². The van der Waals surface area contributed by atoms with Crippen molar-refractivity contribution in [3.8, 4) is 0 Å². The van der Waals surface area contributed by atoms with Crippen molar-refractivity contribution < 1.29 is 8.78 Å². The molecule has 5 nitrogen and oxygen atoms in total. The normalized spacial score (nSPS) is 19.6. The van der Waals surface area contributed by atoms with Crippen molar-refractivity contribution in [2.45, 2.75) is 18.5 Å². The Morgan fingerprint density at radius 3 is 2.17 bits per heavy atom. The van der Waals surface area contributed by atoms with Crippen LogP contribution in [0.25, 0.3) is 0 Å². The first-order valence-corrected chi connectivity index (χ1v) is 7.59. The van der Waals surface area contributed by atoms with Crippen molar-refractivity contribution in [1.29, 1.82) is 0 Å². The lowest BCUT2D eigenvalue weighted by molar-refractivity contribution is 0.431. The number of benzene rings is 2. The van der Waals surface area contributed by atoms with Gasteiger partial charge in [-0.3, -0.25) is 0 Å². The van der Waals surface area contributed by atoms with Crippen molar-refractivity contribution >= 4 is 11.9 Å². The number of rotatable bonds is 2. The second-order valence-electron chi connectivity index (χ2n) is 5.79. The van der Waals surface area contributed by atoms with E-state index in [1.807, 2.05) is 0 Å². The van der Waals surface area contributed by atoms with Gasteiger partial charge < -0.3 is 11.1 Å². The Morgan fingerprint density at radius 2 is 1.54 bits per heavy atom. The average molecular weight is 327 g/mol. The highest BCUT2D eigenvalue weighted by Crippen LogP contribution is 2.37. The molecule has 0 saturated heterocycles. The van der Waals surface area contributed by atoms with Gasteiger partial charge in [0.05, 0.1) is 12.1 Å². The molecule has 1 aliphatic rings. The van der Waals surface area contributed by atoms with E-state index >= 15 is 0 Å². The molecule has 0 spiro atoms. The molecule has 0 unspecified atom stereocenters. The summed E-state index contributed by atoms with van der Waals surface area (Å²) in [5, 5.41) is 7.52. The molecule has 0 amide bonds. The molecule has 1 aliphatic heterocycles. The summed E-state index contributed by atoms with van der Waals surface area (Å²) in [6, 6.07) is 12.4. The predicted molar refractivity (Wildman–Crippen MR) is 86.4 cm³/mol. The van der Waals surface area contributed by atoms with E-state index in [1.165, 1.54) is 24.3 Å². The van der Waals surface area contributed by atoms with Gasteiger partial charge in [0.1, 0.15) is 11.6 Å². The molecule has 0 aliphatic carbocycles. The van der Waals surface area contributed by atoms with E-state index in [9.17, 15) is 8.78 Å². The number of nitrogens with one attached hydrogen (secondary N) is 1. The number of nitrogen functional groups attached to an aromatic ring is 1. The lowest BCUT2D eigenvalue weighted by Crippen LogP contribution is -2.28. The van der Waals surface area contributed by atoms with Gasteiger partial charge in [-0.15, -0.1) is 5.10 Å². The molecule has 3 aromatic rings. The summed E-state index contributed by atoms with van der Waals surface area (Å²) < 4.78 is 28.1. The molecule has 0 bridgehead atoms. The van der Waals surface area contributed by atoms with Crippen LogP contribution in [0, 0.1) is 11.6 Å². The second kappa shape index (κ2) is 5.59. The van der Waals surface area contributed by atoms with Crippen LogP contribution < -0.4 is 11.1 Å². The minimum atomic E-state index is -0.291. The number of halogens is 2. The van der Waals surface area contributed by atoms with Crippen molar-refractivity contribution in [3.05, 3.63) is 71.3 Å². The van der Waals surface area contributed by atoms with E-state index in [2.05, 4.69) is 15.4 Å².